The first-order chi connectivity index (χ1) is 8.84. The van der Waals surface area contributed by atoms with Crippen LogP contribution in [0, 0.1) is 5.92 Å². The molecule has 18 heavy (non-hydrogen) atoms. The maximum absolute atomic E-state index is 5.79. The van der Waals surface area contributed by atoms with Crippen molar-refractivity contribution in [3.8, 4) is 0 Å². The van der Waals surface area contributed by atoms with Crippen LogP contribution >= 0.6 is 8.58 Å². The van der Waals surface area contributed by atoms with Crippen LogP contribution in [-0.2, 0) is 4.74 Å². The minimum Gasteiger partial charge on any atom is -0.496 e. The molecule has 1 fully saturated rings. The van der Waals surface area contributed by atoms with Gasteiger partial charge in [0.2, 0.25) is 0 Å². The number of rotatable bonds is 5. The quantitative estimate of drug-likeness (QED) is 0.594. The lowest BCUT2D eigenvalue weighted by atomic mass is 10.0. The Labute approximate surface area is 113 Å². The van der Waals surface area contributed by atoms with Crippen molar-refractivity contribution in [3.63, 3.8) is 0 Å². The Bertz CT molecular complexity index is 263. The molecule has 3 N–H and O–H groups in total. The lowest BCUT2D eigenvalue weighted by molar-refractivity contribution is 0.180. The van der Waals surface area contributed by atoms with E-state index in [1.807, 2.05) is 0 Å². The summed E-state index contributed by atoms with van der Waals surface area (Å²) in [6.45, 7) is 3.17. The van der Waals surface area contributed by atoms with Crippen molar-refractivity contribution in [1.29, 1.82) is 0 Å². The Morgan fingerprint density at radius 1 is 1.44 bits per heavy atom. The van der Waals surface area contributed by atoms with Crippen LogP contribution in [-0.4, -0.2) is 38.1 Å². The molecule has 3 atom stereocenters. The molecule has 0 spiro atoms. The van der Waals surface area contributed by atoms with Gasteiger partial charge in [0.15, 0.2) is 0 Å². The average Bonchev–Trinajstić information content (AvgIpc) is 2.65. The number of hydrogen-bond donors (Lipinski definition) is 2. The first-order valence-electron chi connectivity index (χ1n) is 7.33. The summed E-state index contributed by atoms with van der Waals surface area (Å²) in [5, 5.41) is 3.55. The molecule has 0 aromatic heterocycles. The van der Waals surface area contributed by atoms with Gasteiger partial charge in [-0.15, -0.1) is 8.58 Å². The van der Waals surface area contributed by atoms with Crippen LogP contribution in [0.15, 0.2) is 11.8 Å². The van der Waals surface area contributed by atoms with Gasteiger partial charge in [0.25, 0.3) is 0 Å². The zero-order valence-electron chi connectivity index (χ0n) is 11.3. The summed E-state index contributed by atoms with van der Waals surface area (Å²) < 4.78 is 5.63. The van der Waals surface area contributed by atoms with Gasteiger partial charge in [-0.25, -0.2) is 0 Å². The summed E-state index contributed by atoms with van der Waals surface area (Å²) in [5.74, 6) is 2.10. The van der Waals surface area contributed by atoms with Crippen LogP contribution in [0.25, 0.3) is 0 Å². The van der Waals surface area contributed by atoms with E-state index in [0.29, 0.717) is 6.61 Å². The fraction of sp³-hybridized carbons (Fsp3) is 0.857. The predicted molar refractivity (Wildman–Crippen MR) is 79.5 cm³/mol. The molecule has 0 saturated carbocycles. The second-order valence-electron chi connectivity index (χ2n) is 5.51. The predicted octanol–water partition coefficient (Wildman–Crippen LogP) is 2.08. The Kier molecular flexibility index (Phi) is 6.47. The molecule has 0 aromatic carbocycles. The first kappa shape index (κ1) is 14.3. The third-order valence-corrected chi connectivity index (χ3v) is 5.05. The summed E-state index contributed by atoms with van der Waals surface area (Å²) in [6.07, 6.45) is 11.3. The van der Waals surface area contributed by atoms with Crippen molar-refractivity contribution in [2.24, 2.45) is 11.7 Å². The van der Waals surface area contributed by atoms with Gasteiger partial charge in [-0.3, -0.25) is 0 Å². The van der Waals surface area contributed by atoms with Gasteiger partial charge in [-0.1, -0.05) is 6.42 Å². The molecule has 4 heteroatoms. The van der Waals surface area contributed by atoms with Crippen LogP contribution in [0.3, 0.4) is 0 Å². The first-order valence-corrected chi connectivity index (χ1v) is 8.75. The largest absolute Gasteiger partial charge is 0.496 e. The molecule has 3 nitrogen and oxygen atoms in total. The second kappa shape index (κ2) is 8.14. The van der Waals surface area contributed by atoms with Crippen molar-refractivity contribution in [2.75, 3.05) is 32.0 Å². The van der Waals surface area contributed by atoms with Crippen LogP contribution in [0.2, 0.25) is 0 Å². The van der Waals surface area contributed by atoms with Crippen molar-refractivity contribution in [1.82, 2.24) is 5.32 Å². The zero-order chi connectivity index (χ0) is 12.6. The molecule has 3 unspecified atom stereocenters. The van der Waals surface area contributed by atoms with Crippen LogP contribution in [0.4, 0.5) is 0 Å². The highest BCUT2D eigenvalue weighted by Crippen LogP contribution is 2.24. The van der Waals surface area contributed by atoms with E-state index in [0.717, 1.165) is 27.1 Å². The van der Waals surface area contributed by atoms with Crippen molar-refractivity contribution in [3.05, 3.63) is 11.8 Å². The van der Waals surface area contributed by atoms with E-state index >= 15 is 0 Å². The molecular weight excluding hydrogens is 243 g/mol. The standard InChI is InChI=1S/C14H27N2OP/c15-13-4-5-14(17-10-13)11-18-8-6-12-3-1-2-7-16-9-12/h5,12-13,16,18H,1-4,6-11,15H2. The van der Waals surface area contributed by atoms with E-state index in [-0.39, 0.29) is 6.04 Å². The van der Waals surface area contributed by atoms with Crippen LogP contribution in [0.1, 0.15) is 32.1 Å². The van der Waals surface area contributed by atoms with E-state index in [9.17, 15) is 0 Å². The highest BCUT2D eigenvalue weighted by molar-refractivity contribution is 7.38. The van der Waals surface area contributed by atoms with Crippen molar-refractivity contribution >= 4 is 8.58 Å². The Balaban J connectivity index is 1.55. The van der Waals surface area contributed by atoms with E-state index < -0.39 is 0 Å². The maximum Gasteiger partial charge on any atom is 0.103 e. The molecule has 0 amide bonds. The van der Waals surface area contributed by atoms with Gasteiger partial charge >= 0.3 is 0 Å². The smallest absolute Gasteiger partial charge is 0.103 e. The molecule has 2 heterocycles. The molecule has 104 valence electrons. The number of ether oxygens (including phenoxy) is 1. The van der Waals surface area contributed by atoms with Gasteiger partial charge in [0.05, 0.1) is 5.76 Å². The Morgan fingerprint density at radius 3 is 3.22 bits per heavy atom. The van der Waals surface area contributed by atoms with Gasteiger partial charge < -0.3 is 15.8 Å². The van der Waals surface area contributed by atoms with Gasteiger partial charge in [0.1, 0.15) is 6.61 Å². The summed E-state index contributed by atoms with van der Waals surface area (Å²) in [4.78, 5) is 0. The maximum atomic E-state index is 5.79. The fourth-order valence-electron chi connectivity index (χ4n) is 2.60. The topological polar surface area (TPSA) is 47.3 Å². The summed E-state index contributed by atoms with van der Waals surface area (Å²) in [5.41, 5.74) is 5.79. The SMILES string of the molecule is NC1CC=C(CPCCC2CCCCNC2)OC1. The molecule has 0 aliphatic carbocycles. The molecule has 0 radical (unpaired) electrons. The summed E-state index contributed by atoms with van der Waals surface area (Å²) >= 11 is 0. The zero-order valence-corrected chi connectivity index (χ0v) is 12.3. The second-order valence-corrected chi connectivity index (χ2v) is 6.86. The molecule has 1 saturated heterocycles. The highest BCUT2D eigenvalue weighted by Gasteiger charge is 2.13. The number of allylic oxidation sites excluding steroid dienone is 1. The third kappa shape index (κ3) is 5.26. The summed E-state index contributed by atoms with van der Waals surface area (Å²) in [6, 6.07) is 0.217. The average molecular weight is 270 g/mol. The minimum atomic E-state index is 0.217. The minimum absolute atomic E-state index is 0.217. The van der Waals surface area contributed by atoms with Gasteiger partial charge in [-0.2, -0.15) is 0 Å². The van der Waals surface area contributed by atoms with Gasteiger partial charge in [-0.05, 0) is 56.9 Å². The Hall–Kier alpha value is -0.110. The Morgan fingerprint density at radius 2 is 2.39 bits per heavy atom. The van der Waals surface area contributed by atoms with Crippen molar-refractivity contribution in [2.45, 2.75) is 38.1 Å². The monoisotopic (exact) mass is 270 g/mol. The molecule has 0 aromatic rings. The van der Waals surface area contributed by atoms with Crippen LogP contribution < -0.4 is 11.1 Å². The number of nitrogens with one attached hydrogen (secondary N) is 1. The third-order valence-electron chi connectivity index (χ3n) is 3.81. The summed E-state index contributed by atoms with van der Waals surface area (Å²) in [7, 11) is 1.02. The molecule has 0 bridgehead atoms. The highest BCUT2D eigenvalue weighted by atomic mass is 31.1. The molecular formula is C14H27N2OP. The molecule has 2 aliphatic rings. The van der Waals surface area contributed by atoms with Crippen LogP contribution in [0.5, 0.6) is 0 Å². The number of hydrogen-bond acceptors (Lipinski definition) is 3. The number of nitrogens with two attached hydrogens (primary N) is 1. The van der Waals surface area contributed by atoms with E-state index in [2.05, 4.69) is 11.4 Å². The lowest BCUT2D eigenvalue weighted by Gasteiger charge is -2.20. The lowest BCUT2D eigenvalue weighted by Crippen LogP contribution is -2.28. The normalized spacial score (nSPS) is 29.9. The van der Waals surface area contributed by atoms with E-state index in [1.165, 1.54) is 50.7 Å². The van der Waals surface area contributed by atoms with E-state index in [1.54, 1.807) is 0 Å². The molecule has 2 aliphatic heterocycles. The molecule has 2 rings (SSSR count). The fourth-order valence-corrected chi connectivity index (χ4v) is 3.88. The van der Waals surface area contributed by atoms with Crippen molar-refractivity contribution < 1.29 is 4.74 Å². The van der Waals surface area contributed by atoms with Gasteiger partial charge in [0, 0.05) is 12.2 Å². The van der Waals surface area contributed by atoms with E-state index in [4.69, 9.17) is 10.5 Å².